The van der Waals surface area contributed by atoms with E-state index in [2.05, 4.69) is 30.0 Å². The zero-order chi connectivity index (χ0) is 14.9. The first kappa shape index (κ1) is 15.1. The lowest BCUT2D eigenvalue weighted by Crippen LogP contribution is -2.44. The molecule has 2 fully saturated rings. The van der Waals surface area contributed by atoms with Crippen molar-refractivity contribution in [2.75, 3.05) is 37.0 Å². The summed E-state index contributed by atoms with van der Waals surface area (Å²) in [5.41, 5.74) is 0.651. The van der Waals surface area contributed by atoms with Crippen LogP contribution in [-0.2, 0) is 4.74 Å². The number of carbonyl (C=O) groups is 1. The van der Waals surface area contributed by atoms with Crippen LogP contribution in [0.1, 0.15) is 12.8 Å². The molecule has 0 bridgehead atoms. The molecule has 1 amide bonds. The second-order valence-corrected chi connectivity index (χ2v) is 7.12. The van der Waals surface area contributed by atoms with Gasteiger partial charge < -0.3 is 10.1 Å². The zero-order valence-corrected chi connectivity index (χ0v) is 14.0. The molecular weight excluding hydrogens is 304 g/mol. The summed E-state index contributed by atoms with van der Waals surface area (Å²) in [6, 6.07) is 6.21. The Labute approximate surface area is 134 Å². The number of benzene rings is 1. The van der Waals surface area contributed by atoms with Gasteiger partial charge in [0.05, 0.1) is 6.54 Å². The van der Waals surface area contributed by atoms with Crippen LogP contribution in [0.25, 0.3) is 0 Å². The maximum absolute atomic E-state index is 12.3. The summed E-state index contributed by atoms with van der Waals surface area (Å²) in [5, 5.41) is 3.32. The molecule has 0 unspecified atom stereocenters. The van der Waals surface area contributed by atoms with Crippen LogP contribution >= 0.6 is 23.5 Å². The van der Waals surface area contributed by atoms with Crippen molar-refractivity contribution in [3.05, 3.63) is 18.2 Å². The van der Waals surface area contributed by atoms with E-state index in [1.54, 1.807) is 28.4 Å². The number of carbonyl (C=O) groups excluding carboxylic acids is 1. The molecule has 0 radical (unpaired) electrons. The monoisotopic (exact) mass is 324 g/mol. The Morgan fingerprint density at radius 1 is 1.19 bits per heavy atom. The third-order valence-electron chi connectivity index (χ3n) is 4.16. The maximum atomic E-state index is 12.3. The van der Waals surface area contributed by atoms with Gasteiger partial charge in [0.2, 0.25) is 0 Å². The Balaban J connectivity index is 1.85. The molecule has 0 saturated carbocycles. The van der Waals surface area contributed by atoms with Gasteiger partial charge in [-0.1, -0.05) is 0 Å². The van der Waals surface area contributed by atoms with Gasteiger partial charge in [-0.15, -0.1) is 23.5 Å². The van der Waals surface area contributed by atoms with E-state index in [4.69, 9.17) is 4.74 Å². The molecule has 0 aliphatic carbocycles. The number of ether oxygens (including phenoxy) is 1. The maximum Gasteiger partial charge on any atom is 0.415 e. The fourth-order valence-corrected chi connectivity index (χ4v) is 4.43. The normalized spacial score (nSPS) is 20.9. The number of amides is 1. The highest BCUT2D eigenvalue weighted by Gasteiger charge is 2.46. The number of nitrogens with zero attached hydrogens (tertiary/aromatic N) is 1. The molecule has 2 aliphatic heterocycles. The number of nitrogens with one attached hydrogen (secondary N) is 1. The first-order chi connectivity index (χ1) is 10.2. The topological polar surface area (TPSA) is 41.6 Å². The standard InChI is InChI=1S/C15H20N2O2S2/c1-20-12-4-3-11(9-13(12)21-2)17-10-15(19-14(17)18)5-7-16-8-6-15/h3-4,9,16H,5-8,10H2,1-2H3. The van der Waals surface area contributed by atoms with Crippen molar-refractivity contribution in [1.82, 2.24) is 5.32 Å². The Kier molecular flexibility index (Phi) is 4.38. The number of hydrogen-bond donors (Lipinski definition) is 1. The molecule has 21 heavy (non-hydrogen) atoms. The third-order valence-corrected chi connectivity index (χ3v) is 5.87. The van der Waals surface area contributed by atoms with Crippen LogP contribution in [0.3, 0.4) is 0 Å². The average molecular weight is 324 g/mol. The Hall–Kier alpha value is -0.850. The molecule has 1 N–H and O–H groups in total. The van der Waals surface area contributed by atoms with Gasteiger partial charge in [0.1, 0.15) is 5.60 Å². The molecule has 1 spiro atoms. The van der Waals surface area contributed by atoms with Crippen molar-refractivity contribution < 1.29 is 9.53 Å². The minimum Gasteiger partial charge on any atom is -0.441 e. The van der Waals surface area contributed by atoms with Gasteiger partial charge in [0, 0.05) is 28.3 Å². The van der Waals surface area contributed by atoms with Crippen LogP contribution in [0.15, 0.2) is 28.0 Å². The van der Waals surface area contributed by atoms with E-state index in [0.717, 1.165) is 31.6 Å². The lowest BCUT2D eigenvalue weighted by molar-refractivity contribution is 0.0316. The highest BCUT2D eigenvalue weighted by molar-refractivity contribution is 8.01. The van der Waals surface area contributed by atoms with Crippen LogP contribution < -0.4 is 10.2 Å². The lowest BCUT2D eigenvalue weighted by atomic mass is 9.92. The van der Waals surface area contributed by atoms with Gasteiger partial charge in [-0.2, -0.15) is 0 Å². The Morgan fingerprint density at radius 2 is 1.90 bits per heavy atom. The van der Waals surface area contributed by atoms with Crippen molar-refractivity contribution in [3.8, 4) is 0 Å². The second-order valence-electron chi connectivity index (χ2n) is 5.43. The minimum absolute atomic E-state index is 0.208. The van der Waals surface area contributed by atoms with E-state index in [9.17, 15) is 4.79 Å². The fourth-order valence-electron chi connectivity index (χ4n) is 2.96. The van der Waals surface area contributed by atoms with E-state index >= 15 is 0 Å². The molecule has 4 nitrogen and oxygen atoms in total. The fraction of sp³-hybridized carbons (Fsp3) is 0.533. The number of thioether (sulfide) groups is 2. The van der Waals surface area contributed by atoms with Crippen LogP contribution in [0.4, 0.5) is 10.5 Å². The van der Waals surface area contributed by atoms with Crippen LogP contribution in [0.5, 0.6) is 0 Å². The van der Waals surface area contributed by atoms with Crippen LogP contribution in [0, 0.1) is 0 Å². The van der Waals surface area contributed by atoms with Crippen LogP contribution in [0.2, 0.25) is 0 Å². The third kappa shape index (κ3) is 2.89. The molecular formula is C15H20N2O2S2. The second kappa shape index (κ2) is 6.10. The smallest absolute Gasteiger partial charge is 0.415 e. The van der Waals surface area contributed by atoms with Crippen molar-refractivity contribution in [1.29, 1.82) is 0 Å². The van der Waals surface area contributed by atoms with Crippen molar-refractivity contribution >= 4 is 35.3 Å². The minimum atomic E-state index is -0.292. The van der Waals surface area contributed by atoms with E-state index in [1.165, 1.54) is 9.79 Å². The van der Waals surface area contributed by atoms with Gasteiger partial charge in [-0.05, 0) is 43.8 Å². The molecule has 6 heteroatoms. The summed E-state index contributed by atoms with van der Waals surface area (Å²) >= 11 is 3.44. The van der Waals surface area contributed by atoms with Crippen molar-refractivity contribution in [2.24, 2.45) is 0 Å². The number of piperidine rings is 1. The summed E-state index contributed by atoms with van der Waals surface area (Å²) in [4.78, 5) is 16.5. The van der Waals surface area contributed by atoms with Gasteiger partial charge in [-0.25, -0.2) is 4.79 Å². The average Bonchev–Trinajstić information content (AvgIpc) is 2.83. The van der Waals surface area contributed by atoms with Gasteiger partial charge in [0.25, 0.3) is 0 Å². The quantitative estimate of drug-likeness (QED) is 0.865. The van der Waals surface area contributed by atoms with E-state index in [-0.39, 0.29) is 11.7 Å². The predicted molar refractivity (Wildman–Crippen MR) is 88.7 cm³/mol. The molecule has 2 saturated heterocycles. The van der Waals surface area contributed by atoms with E-state index < -0.39 is 0 Å². The van der Waals surface area contributed by atoms with Gasteiger partial charge in [0.15, 0.2) is 0 Å². The molecule has 0 atom stereocenters. The highest BCUT2D eigenvalue weighted by atomic mass is 32.2. The lowest BCUT2D eigenvalue weighted by Gasteiger charge is -2.31. The number of rotatable bonds is 3. The summed E-state index contributed by atoms with van der Waals surface area (Å²) in [6.45, 7) is 2.51. The molecule has 0 aromatic heterocycles. The molecule has 3 rings (SSSR count). The number of anilines is 1. The van der Waals surface area contributed by atoms with Gasteiger partial charge in [-0.3, -0.25) is 4.90 Å². The highest BCUT2D eigenvalue weighted by Crippen LogP contribution is 2.37. The first-order valence-electron chi connectivity index (χ1n) is 7.11. The molecule has 1 aromatic rings. The zero-order valence-electron chi connectivity index (χ0n) is 12.3. The Bertz CT molecular complexity index is 544. The van der Waals surface area contributed by atoms with E-state index in [0.29, 0.717) is 6.54 Å². The Morgan fingerprint density at radius 3 is 2.57 bits per heavy atom. The predicted octanol–water partition coefficient (Wildman–Crippen LogP) is 3.21. The molecule has 2 aliphatic rings. The molecule has 2 heterocycles. The largest absolute Gasteiger partial charge is 0.441 e. The summed E-state index contributed by atoms with van der Waals surface area (Å²) < 4.78 is 5.72. The van der Waals surface area contributed by atoms with Crippen molar-refractivity contribution in [2.45, 2.75) is 28.2 Å². The SMILES string of the molecule is CSc1ccc(N2CC3(CCNCC3)OC2=O)cc1SC. The molecule has 114 valence electrons. The summed E-state index contributed by atoms with van der Waals surface area (Å²) in [5.74, 6) is 0. The molecule has 1 aromatic carbocycles. The number of hydrogen-bond acceptors (Lipinski definition) is 5. The first-order valence-corrected chi connectivity index (χ1v) is 9.56. The van der Waals surface area contributed by atoms with Crippen LogP contribution in [-0.4, -0.2) is 43.8 Å². The summed E-state index contributed by atoms with van der Waals surface area (Å²) in [7, 11) is 0. The van der Waals surface area contributed by atoms with Crippen molar-refractivity contribution in [3.63, 3.8) is 0 Å². The van der Waals surface area contributed by atoms with Gasteiger partial charge >= 0.3 is 6.09 Å². The summed E-state index contributed by atoms with van der Waals surface area (Å²) in [6.07, 6.45) is 5.72. The van der Waals surface area contributed by atoms with E-state index in [1.807, 2.05) is 6.07 Å².